The van der Waals surface area contributed by atoms with Crippen LogP contribution < -0.4 is 9.62 Å². The van der Waals surface area contributed by atoms with Crippen molar-refractivity contribution >= 4 is 39.1 Å². The molecule has 3 rings (SSSR count). The summed E-state index contributed by atoms with van der Waals surface area (Å²) in [6, 6.07) is 22.7. The molecule has 0 saturated heterocycles. The van der Waals surface area contributed by atoms with E-state index >= 15 is 0 Å². The van der Waals surface area contributed by atoms with Gasteiger partial charge in [0, 0.05) is 19.0 Å². The van der Waals surface area contributed by atoms with E-state index < -0.39 is 28.5 Å². The quantitative estimate of drug-likeness (QED) is 0.334. The molecule has 3 aromatic rings. The Morgan fingerprint density at radius 2 is 1.59 bits per heavy atom. The van der Waals surface area contributed by atoms with Crippen LogP contribution in [0.2, 0.25) is 5.02 Å². The van der Waals surface area contributed by atoms with Gasteiger partial charge in [-0.25, -0.2) is 8.42 Å². The molecular weight excluding hydrogens is 534 g/mol. The molecule has 2 atom stereocenters. The van der Waals surface area contributed by atoms with Gasteiger partial charge in [-0.1, -0.05) is 90.8 Å². The van der Waals surface area contributed by atoms with E-state index in [1.807, 2.05) is 75.4 Å². The highest BCUT2D eigenvalue weighted by atomic mass is 35.5. The van der Waals surface area contributed by atoms with E-state index in [0.717, 1.165) is 33.7 Å². The molecule has 0 bridgehead atoms. The van der Waals surface area contributed by atoms with Crippen LogP contribution in [0.3, 0.4) is 0 Å². The number of aryl methyl sites for hydroxylation is 1. The highest BCUT2D eigenvalue weighted by molar-refractivity contribution is 7.92. The molecule has 2 amide bonds. The van der Waals surface area contributed by atoms with E-state index in [9.17, 15) is 18.0 Å². The van der Waals surface area contributed by atoms with Gasteiger partial charge in [-0.3, -0.25) is 13.9 Å². The minimum Gasteiger partial charge on any atom is -0.352 e. The summed E-state index contributed by atoms with van der Waals surface area (Å²) in [6.45, 7) is 5.46. The number of amides is 2. The first-order valence-corrected chi connectivity index (χ1v) is 15.1. The Morgan fingerprint density at radius 3 is 2.21 bits per heavy atom. The largest absolute Gasteiger partial charge is 0.352 e. The topological polar surface area (TPSA) is 86.8 Å². The van der Waals surface area contributed by atoms with Crippen molar-refractivity contribution in [3.05, 3.63) is 101 Å². The first-order valence-electron chi connectivity index (χ1n) is 12.9. The first kappa shape index (κ1) is 30.2. The minimum absolute atomic E-state index is 0.0951. The van der Waals surface area contributed by atoms with Gasteiger partial charge in [0.1, 0.15) is 12.6 Å². The molecule has 0 radical (unpaired) electrons. The van der Waals surface area contributed by atoms with E-state index in [1.165, 1.54) is 4.90 Å². The normalized spacial score (nSPS) is 12.8. The van der Waals surface area contributed by atoms with E-state index in [2.05, 4.69) is 5.32 Å². The van der Waals surface area contributed by atoms with Gasteiger partial charge in [-0.2, -0.15) is 0 Å². The molecule has 0 fully saturated rings. The van der Waals surface area contributed by atoms with Crippen LogP contribution in [0.5, 0.6) is 0 Å². The van der Waals surface area contributed by atoms with Crippen molar-refractivity contribution in [1.29, 1.82) is 0 Å². The van der Waals surface area contributed by atoms with Crippen LogP contribution in [0, 0.1) is 6.92 Å². The van der Waals surface area contributed by atoms with Crippen LogP contribution in [0.1, 0.15) is 37.0 Å². The van der Waals surface area contributed by atoms with Crippen molar-refractivity contribution in [2.75, 3.05) is 17.1 Å². The van der Waals surface area contributed by atoms with Gasteiger partial charge >= 0.3 is 0 Å². The maximum absolute atomic E-state index is 14.1. The minimum atomic E-state index is -3.88. The lowest BCUT2D eigenvalue weighted by molar-refractivity contribution is -0.140. The standard InChI is InChI=1S/C30H36ClN3O4S/c1-5-23(3)32-30(36)28(19-24-13-7-6-8-14-24)33(20-25-15-11-12-22(2)18-25)29(35)21-34(39(4,37)38)27-17-10-9-16-26(27)31/h6-18,23,28H,5,19-21H2,1-4H3,(H,32,36)/t23-,28-/m1/s1. The van der Waals surface area contributed by atoms with Crippen LogP contribution in [-0.2, 0) is 32.6 Å². The second-order valence-electron chi connectivity index (χ2n) is 9.76. The SMILES string of the molecule is CC[C@@H](C)NC(=O)[C@@H](Cc1ccccc1)N(Cc1cccc(C)c1)C(=O)CN(c1ccccc1Cl)S(C)(=O)=O. The smallest absolute Gasteiger partial charge is 0.244 e. The molecule has 3 aromatic carbocycles. The first-order chi connectivity index (χ1) is 18.5. The maximum Gasteiger partial charge on any atom is 0.244 e. The van der Waals surface area contributed by atoms with Gasteiger partial charge in [0.15, 0.2) is 0 Å². The fourth-order valence-electron chi connectivity index (χ4n) is 4.25. The van der Waals surface area contributed by atoms with Gasteiger partial charge in [0.2, 0.25) is 21.8 Å². The Labute approximate surface area is 236 Å². The Morgan fingerprint density at radius 1 is 0.949 bits per heavy atom. The predicted octanol–water partition coefficient (Wildman–Crippen LogP) is 4.97. The number of nitrogens with one attached hydrogen (secondary N) is 1. The summed E-state index contributed by atoms with van der Waals surface area (Å²) in [7, 11) is -3.88. The van der Waals surface area contributed by atoms with Crippen molar-refractivity contribution in [3.63, 3.8) is 0 Å². The van der Waals surface area contributed by atoms with Gasteiger partial charge < -0.3 is 10.2 Å². The third-order valence-electron chi connectivity index (χ3n) is 6.51. The Hall–Kier alpha value is -3.36. The summed E-state index contributed by atoms with van der Waals surface area (Å²) in [5.41, 5.74) is 2.93. The van der Waals surface area contributed by atoms with Crippen molar-refractivity contribution in [3.8, 4) is 0 Å². The number of rotatable bonds is 12. The molecule has 9 heteroatoms. The molecule has 0 aliphatic rings. The third-order valence-corrected chi connectivity index (χ3v) is 7.95. The summed E-state index contributed by atoms with van der Waals surface area (Å²) in [5.74, 6) is -0.806. The molecular formula is C30H36ClN3O4S. The van der Waals surface area contributed by atoms with E-state index in [0.29, 0.717) is 0 Å². The fourth-order valence-corrected chi connectivity index (χ4v) is 5.40. The molecule has 0 unspecified atom stereocenters. The van der Waals surface area contributed by atoms with E-state index in [1.54, 1.807) is 24.3 Å². The number of sulfonamides is 1. The molecule has 0 spiro atoms. The average molecular weight is 570 g/mol. The summed E-state index contributed by atoms with van der Waals surface area (Å²) in [5, 5.41) is 3.23. The van der Waals surface area contributed by atoms with Crippen LogP contribution in [0.25, 0.3) is 0 Å². The lowest BCUT2D eigenvalue weighted by atomic mass is 10.0. The lowest BCUT2D eigenvalue weighted by Crippen LogP contribution is -2.54. The molecule has 39 heavy (non-hydrogen) atoms. The predicted molar refractivity (Wildman–Crippen MR) is 157 cm³/mol. The number of halogens is 1. The third kappa shape index (κ3) is 8.57. The number of hydrogen-bond donors (Lipinski definition) is 1. The summed E-state index contributed by atoms with van der Waals surface area (Å²) >= 11 is 6.33. The highest BCUT2D eigenvalue weighted by Crippen LogP contribution is 2.27. The van der Waals surface area contributed by atoms with Gasteiger partial charge in [0.25, 0.3) is 0 Å². The number of hydrogen-bond acceptors (Lipinski definition) is 4. The van der Waals surface area contributed by atoms with Crippen LogP contribution in [-0.4, -0.2) is 50.0 Å². The Bertz CT molecular complexity index is 1380. The zero-order chi connectivity index (χ0) is 28.6. The molecule has 0 saturated carbocycles. The van der Waals surface area contributed by atoms with Gasteiger partial charge in [-0.15, -0.1) is 0 Å². The van der Waals surface area contributed by atoms with Crippen LogP contribution >= 0.6 is 11.6 Å². The molecule has 0 aromatic heterocycles. The van der Waals surface area contributed by atoms with E-state index in [4.69, 9.17) is 11.6 Å². The van der Waals surface area contributed by atoms with Crippen molar-refractivity contribution in [1.82, 2.24) is 10.2 Å². The summed E-state index contributed by atoms with van der Waals surface area (Å²) < 4.78 is 26.7. The lowest BCUT2D eigenvalue weighted by Gasteiger charge is -2.34. The highest BCUT2D eigenvalue weighted by Gasteiger charge is 2.33. The van der Waals surface area contributed by atoms with E-state index in [-0.39, 0.29) is 35.6 Å². The van der Waals surface area contributed by atoms with Gasteiger partial charge in [0.05, 0.1) is 17.0 Å². The second-order valence-corrected chi connectivity index (χ2v) is 12.1. The summed E-state index contributed by atoms with van der Waals surface area (Å²) in [4.78, 5) is 29.2. The fraction of sp³-hybridized carbons (Fsp3) is 0.333. The number of benzene rings is 3. The maximum atomic E-state index is 14.1. The molecule has 0 aliphatic carbocycles. The molecule has 1 N–H and O–H groups in total. The van der Waals surface area contributed by atoms with Crippen molar-refractivity contribution < 1.29 is 18.0 Å². The molecule has 7 nitrogen and oxygen atoms in total. The van der Waals surface area contributed by atoms with Crippen LogP contribution in [0.4, 0.5) is 5.69 Å². The summed E-state index contributed by atoms with van der Waals surface area (Å²) in [6.07, 6.45) is 2.03. The van der Waals surface area contributed by atoms with Crippen molar-refractivity contribution in [2.45, 2.75) is 52.2 Å². The Balaban J connectivity index is 2.07. The molecule has 208 valence electrons. The monoisotopic (exact) mass is 569 g/mol. The van der Waals surface area contributed by atoms with Gasteiger partial charge in [-0.05, 0) is 43.5 Å². The van der Waals surface area contributed by atoms with Crippen molar-refractivity contribution in [2.24, 2.45) is 0 Å². The zero-order valence-corrected chi connectivity index (χ0v) is 24.4. The average Bonchev–Trinajstić information content (AvgIpc) is 2.89. The molecule has 0 aliphatic heterocycles. The number of anilines is 1. The zero-order valence-electron chi connectivity index (χ0n) is 22.8. The number of carbonyl (C=O) groups is 2. The number of nitrogens with zero attached hydrogens (tertiary/aromatic N) is 2. The molecule has 0 heterocycles. The number of carbonyl (C=O) groups excluding carboxylic acids is 2. The number of para-hydroxylation sites is 1. The van der Waals surface area contributed by atoms with Crippen LogP contribution in [0.15, 0.2) is 78.9 Å². The second kappa shape index (κ2) is 13.6. The Kier molecular flexibility index (Phi) is 10.5.